The first kappa shape index (κ1) is 17.0. The zero-order valence-corrected chi connectivity index (χ0v) is 12.7. The number of rotatable bonds is 4. The molecular formula is C15H12F4N2OS. The fourth-order valence-electron chi connectivity index (χ4n) is 1.76. The lowest BCUT2D eigenvalue weighted by atomic mass is 10.2. The van der Waals surface area contributed by atoms with Crippen LogP contribution in [-0.4, -0.2) is 11.7 Å². The Morgan fingerprint density at radius 2 is 1.57 bits per heavy atom. The molecule has 0 aromatic heterocycles. The standard InChI is InChI=1S/C15H12F4N2OS/c1-2-22-9-5-3-8(4-6-9)20-15(23)21-14-12(18)10(16)7-11(17)13(14)19/h3-7H,2H2,1H3,(H2,20,21,23). The van der Waals surface area contributed by atoms with Gasteiger partial charge in [-0.25, -0.2) is 17.6 Å². The average Bonchev–Trinajstić information content (AvgIpc) is 2.52. The summed E-state index contributed by atoms with van der Waals surface area (Å²) in [5.41, 5.74) is -0.491. The number of halogens is 4. The Bertz CT molecular complexity index is 696. The molecule has 122 valence electrons. The van der Waals surface area contributed by atoms with Gasteiger partial charge in [0.1, 0.15) is 11.4 Å². The Morgan fingerprint density at radius 3 is 2.09 bits per heavy atom. The van der Waals surface area contributed by atoms with E-state index >= 15 is 0 Å². The van der Waals surface area contributed by atoms with Crippen molar-refractivity contribution in [3.05, 3.63) is 53.6 Å². The summed E-state index contributed by atoms with van der Waals surface area (Å²) in [6.45, 7) is 2.35. The van der Waals surface area contributed by atoms with Gasteiger partial charge in [-0.15, -0.1) is 0 Å². The quantitative estimate of drug-likeness (QED) is 0.488. The van der Waals surface area contributed by atoms with E-state index in [1.54, 1.807) is 24.3 Å². The van der Waals surface area contributed by atoms with Crippen LogP contribution >= 0.6 is 12.2 Å². The maximum absolute atomic E-state index is 13.5. The molecule has 2 N–H and O–H groups in total. The van der Waals surface area contributed by atoms with Gasteiger partial charge in [-0.3, -0.25) is 0 Å². The van der Waals surface area contributed by atoms with Gasteiger partial charge in [0.05, 0.1) is 6.61 Å². The van der Waals surface area contributed by atoms with Crippen LogP contribution in [0.15, 0.2) is 30.3 Å². The highest BCUT2D eigenvalue weighted by Gasteiger charge is 2.19. The Kier molecular flexibility index (Phi) is 5.38. The molecule has 0 saturated heterocycles. The summed E-state index contributed by atoms with van der Waals surface area (Å²) >= 11 is 4.88. The third-order valence-electron chi connectivity index (χ3n) is 2.77. The first-order valence-electron chi connectivity index (χ1n) is 6.56. The van der Waals surface area contributed by atoms with Gasteiger partial charge in [0.25, 0.3) is 0 Å². The molecule has 0 amide bonds. The molecule has 0 saturated carbocycles. The van der Waals surface area contributed by atoms with Crippen LogP contribution in [-0.2, 0) is 0 Å². The monoisotopic (exact) mass is 344 g/mol. The van der Waals surface area contributed by atoms with Gasteiger partial charge in [0.15, 0.2) is 28.4 Å². The van der Waals surface area contributed by atoms with E-state index in [4.69, 9.17) is 17.0 Å². The number of hydrogen-bond donors (Lipinski definition) is 2. The molecule has 2 rings (SSSR count). The molecule has 2 aromatic carbocycles. The van der Waals surface area contributed by atoms with Gasteiger partial charge in [-0.2, -0.15) is 0 Å². The van der Waals surface area contributed by atoms with Crippen molar-refractivity contribution in [3.63, 3.8) is 0 Å². The number of nitrogens with one attached hydrogen (secondary N) is 2. The second-order valence-corrected chi connectivity index (χ2v) is 4.79. The number of hydrogen-bond acceptors (Lipinski definition) is 2. The summed E-state index contributed by atoms with van der Waals surface area (Å²) in [7, 11) is 0. The molecule has 8 heteroatoms. The lowest BCUT2D eigenvalue weighted by Crippen LogP contribution is -2.21. The van der Waals surface area contributed by atoms with Crippen LogP contribution in [0.5, 0.6) is 5.75 Å². The molecule has 0 aliphatic heterocycles. The average molecular weight is 344 g/mol. The van der Waals surface area contributed by atoms with Crippen LogP contribution in [0.3, 0.4) is 0 Å². The van der Waals surface area contributed by atoms with Crippen LogP contribution in [0.1, 0.15) is 6.92 Å². The maximum Gasteiger partial charge on any atom is 0.185 e. The normalized spacial score (nSPS) is 10.3. The van der Waals surface area contributed by atoms with Gasteiger partial charge in [0, 0.05) is 11.8 Å². The molecule has 23 heavy (non-hydrogen) atoms. The molecule has 0 aliphatic carbocycles. The number of anilines is 2. The summed E-state index contributed by atoms with van der Waals surface area (Å²) in [5.74, 6) is -5.51. The van der Waals surface area contributed by atoms with Gasteiger partial charge < -0.3 is 15.4 Å². The van der Waals surface area contributed by atoms with E-state index < -0.39 is 29.0 Å². The van der Waals surface area contributed by atoms with Crippen LogP contribution in [0, 0.1) is 23.3 Å². The Hall–Kier alpha value is -2.35. The van der Waals surface area contributed by atoms with Crippen molar-refractivity contribution in [2.45, 2.75) is 6.92 Å². The molecule has 0 unspecified atom stereocenters. The number of thiocarbonyl (C=S) groups is 1. The van der Waals surface area contributed by atoms with Crippen molar-refractivity contribution in [1.82, 2.24) is 0 Å². The van der Waals surface area contributed by atoms with Crippen LogP contribution in [0.4, 0.5) is 28.9 Å². The lowest BCUT2D eigenvalue weighted by Gasteiger charge is -2.13. The Labute approximate surface area is 135 Å². The molecule has 0 spiro atoms. The zero-order valence-electron chi connectivity index (χ0n) is 11.9. The van der Waals surface area contributed by atoms with Gasteiger partial charge in [-0.05, 0) is 43.4 Å². The highest BCUT2D eigenvalue weighted by Crippen LogP contribution is 2.24. The highest BCUT2D eigenvalue weighted by molar-refractivity contribution is 7.80. The molecular weight excluding hydrogens is 332 g/mol. The topological polar surface area (TPSA) is 33.3 Å². The van der Waals surface area contributed by atoms with Crippen molar-refractivity contribution in [2.24, 2.45) is 0 Å². The maximum atomic E-state index is 13.5. The molecule has 2 aromatic rings. The number of benzene rings is 2. The fourth-order valence-corrected chi connectivity index (χ4v) is 1.98. The van der Waals surface area contributed by atoms with Crippen molar-refractivity contribution in [1.29, 1.82) is 0 Å². The van der Waals surface area contributed by atoms with E-state index in [1.807, 2.05) is 6.92 Å². The molecule has 0 bridgehead atoms. The van der Waals surface area contributed by atoms with Crippen LogP contribution in [0.25, 0.3) is 0 Å². The molecule has 0 radical (unpaired) electrons. The molecule has 3 nitrogen and oxygen atoms in total. The summed E-state index contributed by atoms with van der Waals surface area (Å²) in [6.07, 6.45) is 0. The largest absolute Gasteiger partial charge is 0.494 e. The third-order valence-corrected chi connectivity index (χ3v) is 2.98. The van der Waals surface area contributed by atoms with E-state index in [9.17, 15) is 17.6 Å². The summed E-state index contributed by atoms with van der Waals surface area (Å²) < 4.78 is 58.6. The summed E-state index contributed by atoms with van der Waals surface area (Å²) in [5, 5.41) is 4.52. The molecule has 0 aliphatic rings. The van der Waals surface area contributed by atoms with E-state index in [0.29, 0.717) is 18.0 Å². The second-order valence-electron chi connectivity index (χ2n) is 4.38. The second kappa shape index (κ2) is 7.28. The van der Waals surface area contributed by atoms with Crippen molar-refractivity contribution >= 4 is 28.7 Å². The summed E-state index contributed by atoms with van der Waals surface area (Å²) in [6, 6.07) is 6.70. The van der Waals surface area contributed by atoms with E-state index in [2.05, 4.69) is 10.6 Å². The SMILES string of the molecule is CCOc1ccc(NC(=S)Nc2c(F)c(F)cc(F)c2F)cc1. The fraction of sp³-hybridized carbons (Fsp3) is 0.133. The minimum Gasteiger partial charge on any atom is -0.494 e. The van der Waals surface area contributed by atoms with Crippen molar-refractivity contribution in [2.75, 3.05) is 17.2 Å². The molecule has 0 atom stereocenters. The summed E-state index contributed by atoms with van der Waals surface area (Å²) in [4.78, 5) is 0. The molecule has 0 fully saturated rings. The van der Waals surface area contributed by atoms with E-state index in [-0.39, 0.29) is 11.2 Å². The minimum atomic E-state index is -1.56. The predicted molar refractivity (Wildman–Crippen MR) is 83.7 cm³/mol. The predicted octanol–water partition coefficient (Wildman–Crippen LogP) is 4.45. The van der Waals surface area contributed by atoms with E-state index in [1.165, 1.54) is 0 Å². The van der Waals surface area contributed by atoms with Crippen LogP contribution < -0.4 is 15.4 Å². The highest BCUT2D eigenvalue weighted by atomic mass is 32.1. The van der Waals surface area contributed by atoms with Crippen molar-refractivity contribution in [3.8, 4) is 5.75 Å². The van der Waals surface area contributed by atoms with Gasteiger partial charge in [-0.1, -0.05) is 0 Å². The van der Waals surface area contributed by atoms with Crippen LogP contribution in [0.2, 0.25) is 0 Å². The Balaban J connectivity index is 2.11. The Morgan fingerprint density at radius 1 is 1.00 bits per heavy atom. The van der Waals surface area contributed by atoms with Gasteiger partial charge in [0.2, 0.25) is 0 Å². The third kappa shape index (κ3) is 4.10. The molecule has 0 heterocycles. The van der Waals surface area contributed by atoms with E-state index in [0.717, 1.165) is 0 Å². The minimum absolute atomic E-state index is 0.124. The number of ether oxygens (including phenoxy) is 1. The van der Waals surface area contributed by atoms with Crippen molar-refractivity contribution < 1.29 is 22.3 Å². The smallest absolute Gasteiger partial charge is 0.185 e. The van der Waals surface area contributed by atoms with Gasteiger partial charge >= 0.3 is 0 Å². The lowest BCUT2D eigenvalue weighted by molar-refractivity contribution is 0.340. The first-order chi connectivity index (χ1) is 10.9. The zero-order chi connectivity index (χ0) is 17.0. The first-order valence-corrected chi connectivity index (χ1v) is 6.97.